The minimum Gasteiger partial charge on any atom is -0.508 e. The molecule has 1 heterocycles. The Balaban J connectivity index is 1.70. The summed E-state index contributed by atoms with van der Waals surface area (Å²) in [6.07, 6.45) is 0. The molecule has 3 rings (SSSR count). The maximum atomic E-state index is 11.9. The van der Waals surface area contributed by atoms with Gasteiger partial charge in [-0.2, -0.15) is 0 Å². The van der Waals surface area contributed by atoms with Gasteiger partial charge in [0.25, 0.3) is 0 Å². The number of ether oxygens (including phenoxy) is 2. The standard InChI is InChI=1S/C19H15ClO6/c1-11-16(21)6-5-15-12(7-17(22)26-19(11)15)9-25-18(23)10-24-14-4-2-3-13(20)8-14/h2-8,21H,9-10H2,1H3. The van der Waals surface area contributed by atoms with Gasteiger partial charge in [0.1, 0.15) is 23.7 Å². The lowest BCUT2D eigenvalue weighted by Gasteiger charge is -2.10. The van der Waals surface area contributed by atoms with E-state index in [9.17, 15) is 14.7 Å². The first-order valence-electron chi connectivity index (χ1n) is 7.73. The average molecular weight is 375 g/mol. The van der Waals surface area contributed by atoms with E-state index in [4.69, 9.17) is 25.5 Å². The molecule has 134 valence electrons. The molecule has 0 amide bonds. The Morgan fingerprint density at radius 1 is 1.23 bits per heavy atom. The van der Waals surface area contributed by atoms with E-state index in [1.165, 1.54) is 12.1 Å². The van der Waals surface area contributed by atoms with Crippen LogP contribution in [0.2, 0.25) is 5.02 Å². The number of halogens is 1. The van der Waals surface area contributed by atoms with E-state index in [1.54, 1.807) is 37.3 Å². The quantitative estimate of drug-likeness (QED) is 0.542. The first kappa shape index (κ1) is 17.8. The summed E-state index contributed by atoms with van der Waals surface area (Å²) in [5, 5.41) is 10.8. The van der Waals surface area contributed by atoms with Crippen LogP contribution in [0.25, 0.3) is 11.0 Å². The van der Waals surface area contributed by atoms with Crippen molar-refractivity contribution in [1.29, 1.82) is 0 Å². The van der Waals surface area contributed by atoms with Crippen LogP contribution in [0.4, 0.5) is 0 Å². The molecule has 0 unspecified atom stereocenters. The fourth-order valence-electron chi connectivity index (χ4n) is 2.43. The van der Waals surface area contributed by atoms with Gasteiger partial charge >= 0.3 is 11.6 Å². The zero-order valence-electron chi connectivity index (χ0n) is 13.8. The lowest BCUT2D eigenvalue weighted by molar-refractivity contribution is -0.147. The van der Waals surface area contributed by atoms with E-state index >= 15 is 0 Å². The second-order valence-electron chi connectivity index (χ2n) is 5.58. The second kappa shape index (κ2) is 7.49. The lowest BCUT2D eigenvalue weighted by atomic mass is 10.1. The molecule has 7 heteroatoms. The molecule has 0 spiro atoms. The number of carbonyl (C=O) groups is 1. The fourth-order valence-corrected chi connectivity index (χ4v) is 2.61. The first-order chi connectivity index (χ1) is 12.4. The molecule has 0 saturated carbocycles. The average Bonchev–Trinajstić information content (AvgIpc) is 2.61. The van der Waals surface area contributed by atoms with Crippen molar-refractivity contribution < 1.29 is 23.8 Å². The molecule has 3 aromatic rings. The van der Waals surface area contributed by atoms with Crippen molar-refractivity contribution in [3.8, 4) is 11.5 Å². The Labute approximate surface area is 153 Å². The highest BCUT2D eigenvalue weighted by atomic mass is 35.5. The molecule has 0 radical (unpaired) electrons. The molecule has 0 aliphatic carbocycles. The van der Waals surface area contributed by atoms with Crippen LogP contribution in [0.1, 0.15) is 11.1 Å². The number of fused-ring (bicyclic) bond motifs is 1. The Morgan fingerprint density at radius 2 is 2.04 bits per heavy atom. The van der Waals surface area contributed by atoms with Crippen LogP contribution >= 0.6 is 11.6 Å². The van der Waals surface area contributed by atoms with E-state index in [0.29, 0.717) is 27.3 Å². The number of aromatic hydroxyl groups is 1. The van der Waals surface area contributed by atoms with Gasteiger partial charge in [0.2, 0.25) is 0 Å². The van der Waals surface area contributed by atoms with Gasteiger partial charge in [-0.1, -0.05) is 17.7 Å². The molecular weight excluding hydrogens is 360 g/mol. The van der Waals surface area contributed by atoms with Crippen LogP contribution < -0.4 is 10.4 Å². The fraction of sp³-hybridized carbons (Fsp3) is 0.158. The summed E-state index contributed by atoms with van der Waals surface area (Å²) in [6.45, 7) is 1.22. The summed E-state index contributed by atoms with van der Waals surface area (Å²) in [7, 11) is 0. The molecule has 0 fully saturated rings. The van der Waals surface area contributed by atoms with Crippen molar-refractivity contribution in [3.63, 3.8) is 0 Å². The zero-order chi connectivity index (χ0) is 18.7. The summed E-state index contributed by atoms with van der Waals surface area (Å²) in [5.74, 6) is -0.127. The molecule has 1 N–H and O–H groups in total. The van der Waals surface area contributed by atoms with Crippen LogP contribution in [-0.4, -0.2) is 17.7 Å². The number of benzene rings is 2. The van der Waals surface area contributed by atoms with Crippen LogP contribution in [0.3, 0.4) is 0 Å². The summed E-state index contributed by atoms with van der Waals surface area (Å²) < 4.78 is 15.6. The van der Waals surface area contributed by atoms with Gasteiger partial charge in [0, 0.05) is 27.6 Å². The Morgan fingerprint density at radius 3 is 2.81 bits per heavy atom. The largest absolute Gasteiger partial charge is 0.508 e. The third kappa shape index (κ3) is 3.97. The monoisotopic (exact) mass is 374 g/mol. The van der Waals surface area contributed by atoms with Crippen molar-refractivity contribution in [2.75, 3.05) is 6.61 Å². The predicted molar refractivity (Wildman–Crippen MR) is 95.6 cm³/mol. The number of phenols is 1. The molecular formula is C19H15ClO6. The van der Waals surface area contributed by atoms with Gasteiger partial charge in [-0.15, -0.1) is 0 Å². The Kier molecular flexibility index (Phi) is 5.14. The number of aryl methyl sites for hydroxylation is 1. The predicted octanol–water partition coefficient (Wildman–Crippen LogP) is 3.58. The van der Waals surface area contributed by atoms with Crippen LogP contribution in [0.5, 0.6) is 11.5 Å². The Hall–Kier alpha value is -2.99. The molecule has 0 bridgehead atoms. The minimum atomic E-state index is -0.595. The highest BCUT2D eigenvalue weighted by Gasteiger charge is 2.13. The van der Waals surface area contributed by atoms with E-state index in [2.05, 4.69) is 0 Å². The summed E-state index contributed by atoms with van der Waals surface area (Å²) >= 11 is 5.84. The summed E-state index contributed by atoms with van der Waals surface area (Å²) in [5.41, 5.74) is 0.596. The summed E-state index contributed by atoms with van der Waals surface area (Å²) in [4.78, 5) is 23.6. The minimum absolute atomic E-state index is 0.0183. The van der Waals surface area contributed by atoms with Gasteiger partial charge in [-0.05, 0) is 37.3 Å². The number of carbonyl (C=O) groups excluding carboxylic acids is 1. The molecule has 1 aromatic heterocycles. The van der Waals surface area contributed by atoms with Crippen LogP contribution in [-0.2, 0) is 16.1 Å². The Bertz CT molecular complexity index is 1020. The van der Waals surface area contributed by atoms with Crippen molar-refractivity contribution >= 4 is 28.5 Å². The number of rotatable bonds is 5. The molecule has 0 aliphatic heterocycles. The van der Waals surface area contributed by atoms with Gasteiger partial charge in [-0.25, -0.2) is 9.59 Å². The zero-order valence-corrected chi connectivity index (χ0v) is 14.6. The topological polar surface area (TPSA) is 86.0 Å². The van der Waals surface area contributed by atoms with E-state index < -0.39 is 11.6 Å². The van der Waals surface area contributed by atoms with E-state index in [1.807, 2.05) is 0 Å². The molecule has 0 saturated heterocycles. The maximum Gasteiger partial charge on any atom is 0.344 e. The first-order valence-corrected chi connectivity index (χ1v) is 8.11. The number of phenolic OH excluding ortho intramolecular Hbond substituents is 1. The smallest absolute Gasteiger partial charge is 0.344 e. The third-order valence-electron chi connectivity index (χ3n) is 3.76. The van der Waals surface area contributed by atoms with Gasteiger partial charge in [0.15, 0.2) is 6.61 Å². The van der Waals surface area contributed by atoms with E-state index in [0.717, 1.165) is 0 Å². The lowest BCUT2D eigenvalue weighted by Crippen LogP contribution is -2.15. The number of hydrogen-bond acceptors (Lipinski definition) is 6. The van der Waals surface area contributed by atoms with Gasteiger partial charge in [0.05, 0.1) is 0 Å². The number of hydrogen-bond donors (Lipinski definition) is 1. The molecule has 0 atom stereocenters. The van der Waals surface area contributed by atoms with Gasteiger partial charge < -0.3 is 19.0 Å². The highest BCUT2D eigenvalue weighted by molar-refractivity contribution is 6.30. The normalized spacial score (nSPS) is 10.7. The maximum absolute atomic E-state index is 11.9. The molecule has 26 heavy (non-hydrogen) atoms. The molecule has 6 nitrogen and oxygen atoms in total. The SMILES string of the molecule is Cc1c(O)ccc2c(COC(=O)COc3cccc(Cl)c3)cc(=O)oc12. The number of esters is 1. The van der Waals surface area contributed by atoms with Crippen molar-refractivity contribution in [2.45, 2.75) is 13.5 Å². The molecule has 0 aliphatic rings. The van der Waals surface area contributed by atoms with Crippen molar-refractivity contribution in [1.82, 2.24) is 0 Å². The van der Waals surface area contributed by atoms with Crippen LogP contribution in [0.15, 0.2) is 51.7 Å². The highest BCUT2D eigenvalue weighted by Crippen LogP contribution is 2.27. The van der Waals surface area contributed by atoms with Crippen molar-refractivity contribution in [2.24, 2.45) is 0 Å². The molecule has 2 aromatic carbocycles. The third-order valence-corrected chi connectivity index (χ3v) is 3.99. The summed E-state index contributed by atoms with van der Waals surface area (Å²) in [6, 6.07) is 11.0. The second-order valence-corrected chi connectivity index (χ2v) is 6.02. The van der Waals surface area contributed by atoms with Gasteiger partial charge in [-0.3, -0.25) is 0 Å². The van der Waals surface area contributed by atoms with Crippen molar-refractivity contribution in [3.05, 3.63) is 69.0 Å². The van der Waals surface area contributed by atoms with Crippen LogP contribution in [0, 0.1) is 6.92 Å². The van der Waals surface area contributed by atoms with E-state index in [-0.39, 0.29) is 24.5 Å².